The third kappa shape index (κ3) is 55.9. The molecule has 5 heteroatoms. The SMILES string of the molecule is CC/C=C\C/C=C\C/C=C\CCCCCCCC(=O)OC(COCCCCCCCCCCCC/C=C\C/C=C\CCCCC)COC(=O)CCCCCCCCC/C=C\CCCCCCCC. The molecule has 394 valence electrons. The van der Waals surface area contributed by atoms with Crippen molar-refractivity contribution >= 4 is 11.9 Å². The minimum Gasteiger partial charge on any atom is -0.462 e. The molecule has 0 N–H and O–H groups in total. The summed E-state index contributed by atoms with van der Waals surface area (Å²) in [6.07, 6.45) is 76.4. The highest BCUT2D eigenvalue weighted by molar-refractivity contribution is 5.70. The average Bonchev–Trinajstić information content (AvgIpc) is 3.34. The van der Waals surface area contributed by atoms with Crippen molar-refractivity contribution in [2.45, 2.75) is 297 Å². The smallest absolute Gasteiger partial charge is 0.306 e. The standard InChI is InChI=1S/C63H112O5/c1-4-7-10-13-16-19-22-25-28-30-31-32-34-37-40-43-46-49-52-55-58-66-59-61(68-63(65)57-54-51-48-45-42-39-35-27-24-21-18-15-12-9-6-3)60-67-62(64)56-53-50-47-44-41-38-36-33-29-26-23-20-17-14-11-8-5-2/h9,12,16,18-19,21,25-29,35,61H,4-8,10-11,13-15,17,20,22-24,30-34,36-60H2,1-3H3/b12-9-,19-16-,21-18-,28-25-,29-26-,35-27-. The number of carbonyl (C=O) groups is 2. The fourth-order valence-corrected chi connectivity index (χ4v) is 8.32. The highest BCUT2D eigenvalue weighted by atomic mass is 16.6. The Morgan fingerprint density at radius 3 is 1.10 bits per heavy atom. The first-order chi connectivity index (χ1) is 33.6. The molecule has 0 aliphatic carbocycles. The van der Waals surface area contributed by atoms with Crippen molar-refractivity contribution in [2.75, 3.05) is 19.8 Å². The fourth-order valence-electron chi connectivity index (χ4n) is 8.32. The van der Waals surface area contributed by atoms with Gasteiger partial charge in [0.05, 0.1) is 6.61 Å². The van der Waals surface area contributed by atoms with Gasteiger partial charge in [0.1, 0.15) is 6.61 Å². The van der Waals surface area contributed by atoms with Crippen LogP contribution in [-0.4, -0.2) is 37.9 Å². The van der Waals surface area contributed by atoms with Crippen LogP contribution in [0.1, 0.15) is 290 Å². The molecular weight excluding hydrogens is 837 g/mol. The lowest BCUT2D eigenvalue weighted by molar-refractivity contribution is -0.163. The van der Waals surface area contributed by atoms with Gasteiger partial charge in [0, 0.05) is 19.4 Å². The van der Waals surface area contributed by atoms with Crippen molar-refractivity contribution in [1.29, 1.82) is 0 Å². The van der Waals surface area contributed by atoms with Crippen LogP contribution in [0.25, 0.3) is 0 Å². The van der Waals surface area contributed by atoms with Crippen molar-refractivity contribution in [3.63, 3.8) is 0 Å². The Hall–Kier alpha value is -2.66. The Bertz CT molecular complexity index is 1210. The fraction of sp³-hybridized carbons (Fsp3) is 0.778. The van der Waals surface area contributed by atoms with Gasteiger partial charge in [0.25, 0.3) is 0 Å². The number of hydrogen-bond acceptors (Lipinski definition) is 5. The van der Waals surface area contributed by atoms with Gasteiger partial charge in [0.2, 0.25) is 0 Å². The Kier molecular flexibility index (Phi) is 56.4. The van der Waals surface area contributed by atoms with Gasteiger partial charge in [-0.05, 0) is 109 Å². The number of allylic oxidation sites excluding steroid dienone is 12. The molecule has 0 saturated heterocycles. The Labute approximate surface area is 423 Å². The molecule has 0 bridgehead atoms. The van der Waals surface area contributed by atoms with Crippen LogP contribution < -0.4 is 0 Å². The molecule has 0 spiro atoms. The largest absolute Gasteiger partial charge is 0.462 e. The molecule has 0 heterocycles. The molecule has 0 aromatic rings. The van der Waals surface area contributed by atoms with E-state index in [4.69, 9.17) is 14.2 Å². The molecular formula is C63H112O5. The predicted molar refractivity (Wildman–Crippen MR) is 297 cm³/mol. The number of carbonyl (C=O) groups excluding carboxylic acids is 2. The summed E-state index contributed by atoms with van der Waals surface area (Å²) in [4.78, 5) is 25.5. The molecule has 0 aromatic heterocycles. The molecule has 0 radical (unpaired) electrons. The van der Waals surface area contributed by atoms with Crippen molar-refractivity contribution in [2.24, 2.45) is 0 Å². The first kappa shape index (κ1) is 65.3. The van der Waals surface area contributed by atoms with Gasteiger partial charge in [-0.3, -0.25) is 9.59 Å². The molecule has 0 amide bonds. The minimum absolute atomic E-state index is 0.0742. The number of esters is 2. The topological polar surface area (TPSA) is 61.8 Å². The summed E-state index contributed by atoms with van der Waals surface area (Å²) in [5.74, 6) is -0.414. The van der Waals surface area contributed by atoms with Crippen LogP contribution in [0.3, 0.4) is 0 Å². The summed E-state index contributed by atoms with van der Waals surface area (Å²) in [5.41, 5.74) is 0. The second kappa shape index (κ2) is 58.7. The van der Waals surface area contributed by atoms with E-state index in [9.17, 15) is 9.59 Å². The molecule has 1 atom stereocenters. The first-order valence-corrected chi connectivity index (χ1v) is 29.5. The number of ether oxygens (including phenoxy) is 3. The van der Waals surface area contributed by atoms with E-state index in [1.54, 1.807) is 0 Å². The summed E-state index contributed by atoms with van der Waals surface area (Å²) in [6, 6.07) is 0. The Morgan fingerprint density at radius 2 is 0.662 bits per heavy atom. The quantitative estimate of drug-likeness (QED) is 0.0345. The number of rotatable bonds is 54. The maximum Gasteiger partial charge on any atom is 0.306 e. The molecule has 0 aliphatic rings. The maximum absolute atomic E-state index is 12.9. The zero-order valence-corrected chi connectivity index (χ0v) is 45.4. The Morgan fingerprint density at radius 1 is 0.338 bits per heavy atom. The summed E-state index contributed by atoms with van der Waals surface area (Å²) in [7, 11) is 0. The van der Waals surface area contributed by atoms with Gasteiger partial charge in [-0.15, -0.1) is 0 Å². The third-order valence-electron chi connectivity index (χ3n) is 12.7. The van der Waals surface area contributed by atoms with Crippen LogP contribution >= 0.6 is 0 Å². The predicted octanol–water partition coefficient (Wildman–Crippen LogP) is 20.2. The van der Waals surface area contributed by atoms with Gasteiger partial charge in [-0.1, -0.05) is 241 Å². The van der Waals surface area contributed by atoms with Crippen LogP contribution in [0.4, 0.5) is 0 Å². The first-order valence-electron chi connectivity index (χ1n) is 29.5. The van der Waals surface area contributed by atoms with Gasteiger partial charge in [-0.25, -0.2) is 0 Å². The Balaban J connectivity index is 4.28. The van der Waals surface area contributed by atoms with Crippen molar-refractivity contribution < 1.29 is 23.8 Å². The van der Waals surface area contributed by atoms with Crippen molar-refractivity contribution in [1.82, 2.24) is 0 Å². The summed E-state index contributed by atoms with van der Waals surface area (Å²) in [6.45, 7) is 7.69. The van der Waals surface area contributed by atoms with E-state index in [0.29, 0.717) is 19.4 Å². The van der Waals surface area contributed by atoms with E-state index in [0.717, 1.165) is 83.5 Å². The second-order valence-electron chi connectivity index (χ2n) is 19.5. The second-order valence-corrected chi connectivity index (χ2v) is 19.5. The highest BCUT2D eigenvalue weighted by Crippen LogP contribution is 2.15. The van der Waals surface area contributed by atoms with Gasteiger partial charge < -0.3 is 14.2 Å². The lowest BCUT2D eigenvalue weighted by Crippen LogP contribution is -2.30. The summed E-state index contributed by atoms with van der Waals surface area (Å²) >= 11 is 0. The minimum atomic E-state index is -0.551. The molecule has 0 rings (SSSR count). The molecule has 5 nitrogen and oxygen atoms in total. The van der Waals surface area contributed by atoms with E-state index >= 15 is 0 Å². The van der Waals surface area contributed by atoms with Crippen molar-refractivity contribution in [3.8, 4) is 0 Å². The van der Waals surface area contributed by atoms with Crippen LogP contribution in [-0.2, 0) is 23.8 Å². The molecule has 1 unspecified atom stereocenters. The molecule has 68 heavy (non-hydrogen) atoms. The third-order valence-corrected chi connectivity index (χ3v) is 12.7. The lowest BCUT2D eigenvalue weighted by Gasteiger charge is -2.18. The molecule has 0 aromatic carbocycles. The van der Waals surface area contributed by atoms with Crippen LogP contribution in [0.5, 0.6) is 0 Å². The van der Waals surface area contributed by atoms with Crippen LogP contribution in [0.15, 0.2) is 72.9 Å². The maximum atomic E-state index is 12.9. The summed E-state index contributed by atoms with van der Waals surface area (Å²) < 4.78 is 17.5. The number of hydrogen-bond donors (Lipinski definition) is 0. The molecule has 0 saturated carbocycles. The van der Waals surface area contributed by atoms with E-state index in [2.05, 4.69) is 93.7 Å². The summed E-state index contributed by atoms with van der Waals surface area (Å²) in [5, 5.41) is 0. The van der Waals surface area contributed by atoms with E-state index in [1.165, 1.54) is 173 Å². The van der Waals surface area contributed by atoms with E-state index in [1.807, 2.05) is 0 Å². The molecule has 0 fully saturated rings. The highest BCUT2D eigenvalue weighted by Gasteiger charge is 2.17. The van der Waals surface area contributed by atoms with E-state index < -0.39 is 6.10 Å². The number of unbranched alkanes of at least 4 members (excludes halogenated alkanes) is 31. The monoisotopic (exact) mass is 949 g/mol. The van der Waals surface area contributed by atoms with Gasteiger partial charge in [0.15, 0.2) is 6.10 Å². The van der Waals surface area contributed by atoms with Crippen LogP contribution in [0.2, 0.25) is 0 Å². The zero-order chi connectivity index (χ0) is 49.2. The lowest BCUT2D eigenvalue weighted by atomic mass is 10.1. The van der Waals surface area contributed by atoms with Gasteiger partial charge >= 0.3 is 11.9 Å². The van der Waals surface area contributed by atoms with Crippen LogP contribution in [0, 0.1) is 0 Å². The normalized spacial score (nSPS) is 12.7. The van der Waals surface area contributed by atoms with Crippen molar-refractivity contribution in [3.05, 3.63) is 72.9 Å². The molecule has 0 aliphatic heterocycles. The average molecular weight is 950 g/mol. The van der Waals surface area contributed by atoms with Gasteiger partial charge in [-0.2, -0.15) is 0 Å². The van der Waals surface area contributed by atoms with E-state index in [-0.39, 0.29) is 25.2 Å². The zero-order valence-electron chi connectivity index (χ0n) is 45.4.